The molecule has 1 aliphatic rings. The number of aromatic nitrogens is 1. The van der Waals surface area contributed by atoms with Crippen LogP contribution in [0.1, 0.15) is 25.8 Å². The fourth-order valence-electron chi connectivity index (χ4n) is 2.59. The highest BCUT2D eigenvalue weighted by Crippen LogP contribution is 2.21. The summed E-state index contributed by atoms with van der Waals surface area (Å²) in [5.74, 6) is 1.18. The Hall–Kier alpha value is -1.58. The van der Waals surface area contributed by atoms with Gasteiger partial charge in [-0.25, -0.2) is 4.98 Å². The standard InChI is InChI=1S/C14H21N3O/c1-4-17(12(3)18)13-7-8-16(10-13)14-6-5-11(2)9-15-14/h5-6,9,13H,4,7-8,10H2,1-3H3. The van der Waals surface area contributed by atoms with Crippen molar-refractivity contribution in [1.29, 1.82) is 0 Å². The summed E-state index contributed by atoms with van der Waals surface area (Å²) >= 11 is 0. The van der Waals surface area contributed by atoms with E-state index in [2.05, 4.69) is 22.0 Å². The van der Waals surface area contributed by atoms with Crippen molar-refractivity contribution in [1.82, 2.24) is 9.88 Å². The molecule has 18 heavy (non-hydrogen) atoms. The molecule has 4 heteroatoms. The van der Waals surface area contributed by atoms with E-state index in [9.17, 15) is 4.79 Å². The van der Waals surface area contributed by atoms with Crippen molar-refractivity contribution in [3.8, 4) is 0 Å². The maximum atomic E-state index is 11.5. The minimum Gasteiger partial charge on any atom is -0.354 e. The molecular formula is C14H21N3O. The minimum atomic E-state index is 0.168. The highest BCUT2D eigenvalue weighted by molar-refractivity contribution is 5.73. The van der Waals surface area contributed by atoms with Gasteiger partial charge in [0, 0.05) is 32.8 Å². The van der Waals surface area contributed by atoms with Crippen molar-refractivity contribution < 1.29 is 4.79 Å². The van der Waals surface area contributed by atoms with E-state index < -0.39 is 0 Å². The lowest BCUT2D eigenvalue weighted by Gasteiger charge is -2.26. The minimum absolute atomic E-state index is 0.168. The Morgan fingerprint density at radius 3 is 2.89 bits per heavy atom. The van der Waals surface area contributed by atoms with E-state index in [-0.39, 0.29) is 5.91 Å². The molecule has 0 aliphatic carbocycles. The van der Waals surface area contributed by atoms with Crippen LogP contribution >= 0.6 is 0 Å². The Bertz CT molecular complexity index is 416. The average molecular weight is 247 g/mol. The topological polar surface area (TPSA) is 36.4 Å². The van der Waals surface area contributed by atoms with Gasteiger partial charge >= 0.3 is 0 Å². The molecule has 0 bridgehead atoms. The van der Waals surface area contributed by atoms with E-state index in [1.165, 1.54) is 5.56 Å². The number of aryl methyl sites for hydroxylation is 1. The number of hydrogen-bond donors (Lipinski definition) is 0. The number of amides is 1. The molecule has 98 valence electrons. The first-order chi connectivity index (χ1) is 8.61. The highest BCUT2D eigenvalue weighted by Gasteiger charge is 2.28. The maximum Gasteiger partial charge on any atom is 0.219 e. The molecule has 1 saturated heterocycles. The zero-order valence-electron chi connectivity index (χ0n) is 11.4. The summed E-state index contributed by atoms with van der Waals surface area (Å²) in [6, 6.07) is 4.47. The van der Waals surface area contributed by atoms with Gasteiger partial charge in [0.15, 0.2) is 0 Å². The van der Waals surface area contributed by atoms with Gasteiger partial charge in [0.05, 0.1) is 6.04 Å². The third-order valence-electron chi connectivity index (χ3n) is 3.57. The van der Waals surface area contributed by atoms with E-state index in [0.717, 1.165) is 31.9 Å². The molecular weight excluding hydrogens is 226 g/mol. The second-order valence-electron chi connectivity index (χ2n) is 4.89. The molecule has 0 N–H and O–H groups in total. The van der Waals surface area contributed by atoms with Crippen LogP contribution in [0.4, 0.5) is 5.82 Å². The monoisotopic (exact) mass is 247 g/mol. The smallest absolute Gasteiger partial charge is 0.219 e. The number of carbonyl (C=O) groups is 1. The van der Waals surface area contributed by atoms with Crippen molar-refractivity contribution in [3.05, 3.63) is 23.9 Å². The van der Waals surface area contributed by atoms with Gasteiger partial charge in [-0.15, -0.1) is 0 Å². The summed E-state index contributed by atoms with van der Waals surface area (Å²) in [7, 11) is 0. The lowest BCUT2D eigenvalue weighted by molar-refractivity contribution is -0.130. The first kappa shape index (κ1) is 12.9. The number of anilines is 1. The number of likely N-dealkylation sites (N-methyl/N-ethyl adjacent to an activating group) is 1. The highest BCUT2D eigenvalue weighted by atomic mass is 16.2. The molecule has 4 nitrogen and oxygen atoms in total. The second-order valence-corrected chi connectivity index (χ2v) is 4.89. The molecule has 0 aromatic carbocycles. The van der Waals surface area contributed by atoms with Crippen LogP contribution in [0.3, 0.4) is 0 Å². The third-order valence-corrected chi connectivity index (χ3v) is 3.57. The van der Waals surface area contributed by atoms with Crippen LogP contribution in [-0.2, 0) is 4.79 Å². The van der Waals surface area contributed by atoms with Crippen LogP contribution < -0.4 is 4.90 Å². The predicted molar refractivity (Wildman–Crippen MR) is 72.7 cm³/mol. The Kier molecular flexibility index (Phi) is 3.84. The molecule has 0 radical (unpaired) electrons. The van der Waals surface area contributed by atoms with Gasteiger partial charge in [-0.1, -0.05) is 6.07 Å². The fourth-order valence-corrected chi connectivity index (χ4v) is 2.59. The number of hydrogen-bond acceptors (Lipinski definition) is 3. The zero-order valence-corrected chi connectivity index (χ0v) is 11.4. The quantitative estimate of drug-likeness (QED) is 0.817. The van der Waals surface area contributed by atoms with Crippen LogP contribution in [0.5, 0.6) is 0 Å². The third kappa shape index (κ3) is 2.63. The summed E-state index contributed by atoms with van der Waals surface area (Å²) < 4.78 is 0. The average Bonchev–Trinajstić information content (AvgIpc) is 2.80. The lowest BCUT2D eigenvalue weighted by Crippen LogP contribution is -2.40. The molecule has 1 aromatic rings. The van der Waals surface area contributed by atoms with E-state index in [4.69, 9.17) is 0 Å². The predicted octanol–water partition coefficient (Wildman–Crippen LogP) is 1.84. The second kappa shape index (κ2) is 5.38. The molecule has 0 spiro atoms. The van der Waals surface area contributed by atoms with Crippen LogP contribution in [0, 0.1) is 6.92 Å². The summed E-state index contributed by atoms with van der Waals surface area (Å²) in [6.45, 7) is 8.38. The molecule has 1 unspecified atom stereocenters. The first-order valence-electron chi connectivity index (χ1n) is 6.56. The molecule has 2 rings (SSSR count). The van der Waals surface area contributed by atoms with Gasteiger partial charge in [0.25, 0.3) is 0 Å². The Labute approximate surface area is 109 Å². The fraction of sp³-hybridized carbons (Fsp3) is 0.571. The van der Waals surface area contributed by atoms with Crippen molar-refractivity contribution >= 4 is 11.7 Å². The van der Waals surface area contributed by atoms with Crippen LogP contribution in [-0.4, -0.2) is 41.5 Å². The van der Waals surface area contributed by atoms with Crippen molar-refractivity contribution in [2.45, 2.75) is 33.2 Å². The normalized spacial score (nSPS) is 19.1. The van der Waals surface area contributed by atoms with Crippen LogP contribution in [0.15, 0.2) is 18.3 Å². The molecule has 0 saturated carbocycles. The largest absolute Gasteiger partial charge is 0.354 e. The molecule has 1 aliphatic heterocycles. The summed E-state index contributed by atoms with van der Waals surface area (Å²) in [4.78, 5) is 20.2. The molecule has 1 amide bonds. The lowest BCUT2D eigenvalue weighted by atomic mass is 10.2. The number of rotatable bonds is 3. The van der Waals surface area contributed by atoms with Gasteiger partial charge in [-0.2, -0.15) is 0 Å². The van der Waals surface area contributed by atoms with Gasteiger partial charge in [-0.05, 0) is 31.9 Å². The van der Waals surface area contributed by atoms with Crippen molar-refractivity contribution in [2.75, 3.05) is 24.5 Å². The van der Waals surface area contributed by atoms with E-state index in [1.807, 2.05) is 24.9 Å². The van der Waals surface area contributed by atoms with Gasteiger partial charge in [-0.3, -0.25) is 4.79 Å². The van der Waals surface area contributed by atoms with E-state index in [0.29, 0.717) is 6.04 Å². The Balaban J connectivity index is 2.04. The van der Waals surface area contributed by atoms with E-state index >= 15 is 0 Å². The summed E-state index contributed by atoms with van der Waals surface area (Å²) in [5.41, 5.74) is 1.17. The number of nitrogens with zero attached hydrogens (tertiary/aromatic N) is 3. The zero-order chi connectivity index (χ0) is 13.1. The summed E-state index contributed by atoms with van der Waals surface area (Å²) in [6.07, 6.45) is 2.92. The number of pyridine rings is 1. The van der Waals surface area contributed by atoms with Crippen molar-refractivity contribution in [2.24, 2.45) is 0 Å². The van der Waals surface area contributed by atoms with Gasteiger partial charge in [0.2, 0.25) is 5.91 Å². The van der Waals surface area contributed by atoms with Gasteiger partial charge in [0.1, 0.15) is 5.82 Å². The van der Waals surface area contributed by atoms with Crippen molar-refractivity contribution in [3.63, 3.8) is 0 Å². The Morgan fingerprint density at radius 1 is 1.56 bits per heavy atom. The molecule has 1 atom stereocenters. The Morgan fingerprint density at radius 2 is 2.33 bits per heavy atom. The maximum absolute atomic E-state index is 11.5. The van der Waals surface area contributed by atoms with E-state index in [1.54, 1.807) is 6.92 Å². The molecule has 1 aromatic heterocycles. The number of carbonyl (C=O) groups excluding carboxylic acids is 1. The van der Waals surface area contributed by atoms with Crippen LogP contribution in [0.25, 0.3) is 0 Å². The molecule has 2 heterocycles. The first-order valence-corrected chi connectivity index (χ1v) is 6.56. The van der Waals surface area contributed by atoms with Crippen LogP contribution in [0.2, 0.25) is 0 Å². The SMILES string of the molecule is CCN(C(C)=O)C1CCN(c2ccc(C)cn2)C1. The summed E-state index contributed by atoms with van der Waals surface area (Å²) in [5, 5.41) is 0. The molecule has 1 fully saturated rings. The van der Waals surface area contributed by atoms with Gasteiger partial charge < -0.3 is 9.80 Å².